The van der Waals surface area contributed by atoms with E-state index in [-0.39, 0.29) is 11.9 Å². The number of fused-ring (bicyclic) bond motifs is 1. The minimum Gasteiger partial charge on any atom is -0.479 e. The normalized spacial score (nSPS) is 18.9. The molecule has 1 heterocycles. The molecule has 4 heteroatoms. The Labute approximate surface area is 124 Å². The number of nitrogen functional groups attached to an aromatic ring is 1. The Morgan fingerprint density at radius 2 is 1.86 bits per heavy atom. The maximum atomic E-state index is 12.6. The molecule has 0 aliphatic carbocycles. The van der Waals surface area contributed by atoms with E-state index in [1.807, 2.05) is 49.4 Å². The maximum absolute atomic E-state index is 12.6. The van der Waals surface area contributed by atoms with Gasteiger partial charge >= 0.3 is 0 Å². The highest BCUT2D eigenvalue weighted by Crippen LogP contribution is 2.42. The molecule has 2 unspecified atom stereocenters. The van der Waals surface area contributed by atoms with Crippen molar-refractivity contribution in [2.24, 2.45) is 0 Å². The standard InChI is InChI=1S/C17H18N2O2/c1-11(13-7-4-3-5-8-13)19-16-14(18)9-6-10-15(16)21-12(2)17(19)20/h3-12H,18H2,1-2H3. The maximum Gasteiger partial charge on any atom is 0.268 e. The van der Waals surface area contributed by atoms with Crippen LogP contribution in [-0.4, -0.2) is 12.0 Å². The van der Waals surface area contributed by atoms with Crippen molar-refractivity contribution in [3.05, 3.63) is 54.1 Å². The number of ether oxygens (including phenoxy) is 1. The molecule has 108 valence electrons. The predicted octanol–water partition coefficient (Wildman–Crippen LogP) is 3.14. The second-order valence-corrected chi connectivity index (χ2v) is 5.25. The van der Waals surface area contributed by atoms with Gasteiger partial charge < -0.3 is 10.5 Å². The minimum absolute atomic E-state index is 0.0725. The number of amides is 1. The fourth-order valence-corrected chi connectivity index (χ4v) is 2.70. The van der Waals surface area contributed by atoms with E-state index in [4.69, 9.17) is 10.5 Å². The summed E-state index contributed by atoms with van der Waals surface area (Å²) in [6, 6.07) is 15.3. The molecule has 2 N–H and O–H groups in total. The predicted molar refractivity (Wildman–Crippen MR) is 83.3 cm³/mol. The lowest BCUT2D eigenvalue weighted by molar-refractivity contribution is -0.126. The quantitative estimate of drug-likeness (QED) is 0.861. The van der Waals surface area contributed by atoms with Gasteiger partial charge in [-0.1, -0.05) is 36.4 Å². The van der Waals surface area contributed by atoms with Crippen molar-refractivity contribution in [3.8, 4) is 5.75 Å². The zero-order valence-electron chi connectivity index (χ0n) is 12.1. The number of nitrogens with two attached hydrogens (primary N) is 1. The molecular formula is C17H18N2O2. The first-order chi connectivity index (χ1) is 10.1. The van der Waals surface area contributed by atoms with Crippen molar-refractivity contribution in [1.82, 2.24) is 0 Å². The highest BCUT2D eigenvalue weighted by atomic mass is 16.5. The van der Waals surface area contributed by atoms with E-state index in [0.29, 0.717) is 17.1 Å². The molecule has 0 radical (unpaired) electrons. The number of para-hydroxylation sites is 1. The first-order valence-corrected chi connectivity index (χ1v) is 7.02. The highest BCUT2D eigenvalue weighted by molar-refractivity contribution is 6.03. The third-order valence-corrected chi connectivity index (χ3v) is 3.83. The number of nitrogens with zero attached hydrogens (tertiary/aromatic N) is 1. The fraction of sp³-hybridized carbons (Fsp3) is 0.235. The molecule has 2 aromatic rings. The third-order valence-electron chi connectivity index (χ3n) is 3.83. The van der Waals surface area contributed by atoms with Crippen molar-refractivity contribution in [2.75, 3.05) is 10.6 Å². The Morgan fingerprint density at radius 1 is 1.14 bits per heavy atom. The number of carbonyl (C=O) groups is 1. The van der Waals surface area contributed by atoms with Gasteiger partial charge in [-0.25, -0.2) is 0 Å². The van der Waals surface area contributed by atoms with Gasteiger partial charge in [0.15, 0.2) is 6.10 Å². The summed E-state index contributed by atoms with van der Waals surface area (Å²) in [6.07, 6.45) is -0.509. The van der Waals surface area contributed by atoms with Gasteiger partial charge in [0.2, 0.25) is 0 Å². The van der Waals surface area contributed by atoms with E-state index in [0.717, 1.165) is 5.56 Å². The van der Waals surface area contributed by atoms with E-state index in [9.17, 15) is 4.79 Å². The van der Waals surface area contributed by atoms with Crippen LogP contribution in [0.1, 0.15) is 25.5 Å². The Morgan fingerprint density at radius 3 is 2.57 bits per heavy atom. The van der Waals surface area contributed by atoms with Crippen molar-refractivity contribution < 1.29 is 9.53 Å². The molecule has 0 spiro atoms. The van der Waals surface area contributed by atoms with Gasteiger partial charge in [0, 0.05) is 0 Å². The van der Waals surface area contributed by atoms with E-state index >= 15 is 0 Å². The number of carbonyl (C=O) groups excluding carboxylic acids is 1. The number of hydrogen-bond acceptors (Lipinski definition) is 3. The second-order valence-electron chi connectivity index (χ2n) is 5.25. The molecule has 21 heavy (non-hydrogen) atoms. The molecular weight excluding hydrogens is 264 g/mol. The monoisotopic (exact) mass is 282 g/mol. The van der Waals surface area contributed by atoms with Gasteiger partial charge in [0.25, 0.3) is 5.91 Å². The Bertz CT molecular complexity index is 670. The van der Waals surface area contributed by atoms with Gasteiger partial charge in [0.05, 0.1) is 11.7 Å². The van der Waals surface area contributed by atoms with Crippen molar-refractivity contribution in [3.63, 3.8) is 0 Å². The van der Waals surface area contributed by atoms with Crippen LogP contribution >= 0.6 is 0 Å². The van der Waals surface area contributed by atoms with Crippen molar-refractivity contribution in [1.29, 1.82) is 0 Å². The molecule has 2 atom stereocenters. The number of rotatable bonds is 2. The zero-order chi connectivity index (χ0) is 15.0. The Hall–Kier alpha value is -2.49. The van der Waals surface area contributed by atoms with Crippen LogP contribution in [0.25, 0.3) is 0 Å². The van der Waals surface area contributed by atoms with Crippen LogP contribution in [0, 0.1) is 0 Å². The minimum atomic E-state index is -0.509. The summed E-state index contributed by atoms with van der Waals surface area (Å²) < 4.78 is 5.67. The van der Waals surface area contributed by atoms with Gasteiger partial charge in [-0.2, -0.15) is 0 Å². The summed E-state index contributed by atoms with van der Waals surface area (Å²) in [5, 5.41) is 0. The van der Waals surface area contributed by atoms with Gasteiger partial charge in [-0.15, -0.1) is 0 Å². The van der Waals surface area contributed by atoms with Crippen LogP contribution in [-0.2, 0) is 4.79 Å². The first-order valence-electron chi connectivity index (χ1n) is 7.02. The highest BCUT2D eigenvalue weighted by Gasteiger charge is 2.36. The molecule has 0 bridgehead atoms. The molecule has 2 aromatic carbocycles. The molecule has 1 aliphatic rings. The van der Waals surface area contributed by atoms with Crippen LogP contribution in [0.3, 0.4) is 0 Å². The Balaban J connectivity index is 2.11. The largest absolute Gasteiger partial charge is 0.479 e. The van der Waals surface area contributed by atoms with Gasteiger partial charge in [-0.3, -0.25) is 9.69 Å². The first kappa shape index (κ1) is 13.5. The molecule has 4 nitrogen and oxygen atoms in total. The lowest BCUT2D eigenvalue weighted by Gasteiger charge is -2.37. The molecule has 0 saturated carbocycles. The summed E-state index contributed by atoms with van der Waals surface area (Å²) in [4.78, 5) is 14.3. The van der Waals surface area contributed by atoms with Gasteiger partial charge in [0.1, 0.15) is 11.4 Å². The SMILES string of the molecule is CC1Oc2cccc(N)c2N(C(C)c2ccccc2)C1=O. The molecule has 0 fully saturated rings. The molecule has 0 aromatic heterocycles. The van der Waals surface area contributed by atoms with Crippen LogP contribution in [0.15, 0.2) is 48.5 Å². The summed E-state index contributed by atoms with van der Waals surface area (Å²) in [5.41, 5.74) is 8.36. The van der Waals surface area contributed by atoms with Crippen LogP contribution in [0.5, 0.6) is 5.75 Å². The van der Waals surface area contributed by atoms with E-state index < -0.39 is 6.10 Å². The lowest BCUT2D eigenvalue weighted by atomic mass is 10.0. The summed E-state index contributed by atoms with van der Waals surface area (Å²) in [7, 11) is 0. The third kappa shape index (κ3) is 2.23. The average molecular weight is 282 g/mol. The van der Waals surface area contributed by atoms with Crippen molar-refractivity contribution >= 4 is 17.3 Å². The average Bonchev–Trinajstić information content (AvgIpc) is 2.50. The molecule has 3 rings (SSSR count). The molecule has 1 amide bonds. The number of anilines is 2. The van der Waals surface area contributed by atoms with Crippen molar-refractivity contribution in [2.45, 2.75) is 26.0 Å². The van der Waals surface area contributed by atoms with Crippen LogP contribution in [0.4, 0.5) is 11.4 Å². The smallest absolute Gasteiger partial charge is 0.268 e. The van der Waals surface area contributed by atoms with Crippen LogP contribution < -0.4 is 15.4 Å². The van der Waals surface area contributed by atoms with E-state index in [2.05, 4.69) is 0 Å². The molecule has 1 aliphatic heterocycles. The van der Waals surface area contributed by atoms with E-state index in [1.54, 1.807) is 17.9 Å². The number of hydrogen-bond donors (Lipinski definition) is 1. The Kier molecular flexibility index (Phi) is 3.29. The molecule has 0 saturated heterocycles. The number of benzene rings is 2. The second kappa shape index (κ2) is 5.13. The topological polar surface area (TPSA) is 55.6 Å². The summed E-state index contributed by atoms with van der Waals surface area (Å²) in [6.45, 7) is 3.76. The zero-order valence-corrected chi connectivity index (χ0v) is 12.1. The van der Waals surface area contributed by atoms with Gasteiger partial charge in [-0.05, 0) is 31.5 Å². The lowest BCUT2D eigenvalue weighted by Crippen LogP contribution is -2.46. The summed E-state index contributed by atoms with van der Waals surface area (Å²) in [5.74, 6) is 0.585. The fourth-order valence-electron chi connectivity index (χ4n) is 2.70. The van der Waals surface area contributed by atoms with Crippen LogP contribution in [0.2, 0.25) is 0 Å². The summed E-state index contributed by atoms with van der Waals surface area (Å²) >= 11 is 0. The van der Waals surface area contributed by atoms with E-state index in [1.165, 1.54) is 0 Å².